The summed E-state index contributed by atoms with van der Waals surface area (Å²) < 4.78 is 47.1. The number of para-hydroxylation sites is 1. The van der Waals surface area contributed by atoms with Gasteiger partial charge in [0.25, 0.3) is 5.91 Å². The van der Waals surface area contributed by atoms with E-state index in [2.05, 4.69) is 10.6 Å². The van der Waals surface area contributed by atoms with Crippen LogP contribution in [0.25, 0.3) is 5.57 Å². The van der Waals surface area contributed by atoms with E-state index in [4.69, 9.17) is 4.74 Å². The van der Waals surface area contributed by atoms with Crippen LogP contribution in [-0.2, 0) is 15.7 Å². The molecule has 2 aromatic rings. The molecule has 2 aliphatic heterocycles. The number of nitrogens with one attached hydrogen (secondary N) is 2. The number of benzene rings is 2. The minimum Gasteiger partial charge on any atom is -0.372 e. The van der Waals surface area contributed by atoms with E-state index >= 15 is 0 Å². The molecule has 0 bridgehead atoms. The van der Waals surface area contributed by atoms with Crippen LogP contribution < -0.4 is 15.5 Å². The van der Waals surface area contributed by atoms with Gasteiger partial charge >= 0.3 is 6.18 Å². The number of nitrogens with zero attached hydrogens (tertiary/aromatic N) is 1. The number of fused-ring (bicyclic) bond motifs is 1. The Balaban J connectivity index is 1.64. The molecule has 0 spiro atoms. The first-order chi connectivity index (χ1) is 14.2. The lowest BCUT2D eigenvalue weighted by Crippen LogP contribution is -2.46. The van der Waals surface area contributed by atoms with Crippen LogP contribution in [0.4, 0.5) is 30.2 Å². The zero-order valence-electron chi connectivity index (χ0n) is 16.6. The van der Waals surface area contributed by atoms with Crippen LogP contribution in [-0.4, -0.2) is 31.2 Å². The van der Waals surface area contributed by atoms with Gasteiger partial charge in [-0.05, 0) is 38.1 Å². The van der Waals surface area contributed by atoms with E-state index in [0.29, 0.717) is 29.9 Å². The first kappa shape index (κ1) is 20.3. The number of halogens is 3. The van der Waals surface area contributed by atoms with Crippen LogP contribution in [0, 0.1) is 0 Å². The highest BCUT2D eigenvalue weighted by Gasteiger charge is 2.36. The maximum absolute atomic E-state index is 13.8. The van der Waals surface area contributed by atoms with Crippen molar-refractivity contribution in [2.45, 2.75) is 32.2 Å². The van der Waals surface area contributed by atoms with Crippen LogP contribution in [0.15, 0.2) is 48.7 Å². The monoisotopic (exact) mass is 417 g/mol. The fraction of sp³-hybridized carbons (Fsp3) is 0.318. The zero-order valence-corrected chi connectivity index (χ0v) is 16.6. The molecule has 30 heavy (non-hydrogen) atoms. The molecule has 2 N–H and O–H groups in total. The summed E-state index contributed by atoms with van der Waals surface area (Å²) >= 11 is 0. The van der Waals surface area contributed by atoms with Gasteiger partial charge in [-0.3, -0.25) is 4.79 Å². The van der Waals surface area contributed by atoms with Gasteiger partial charge in [0.15, 0.2) is 0 Å². The Hall–Kier alpha value is -3.00. The maximum Gasteiger partial charge on any atom is 0.418 e. The molecule has 2 atom stereocenters. The number of carbonyl (C=O) groups excluding carboxylic acids is 1. The SMILES string of the molecule is CC1CN(c2ccc(NC=C3C(=O)Nc4ccccc43)cc2C(F)(F)F)CC(C)O1. The van der Waals surface area contributed by atoms with Crippen molar-refractivity contribution in [3.8, 4) is 0 Å². The lowest BCUT2D eigenvalue weighted by atomic mass is 10.1. The molecule has 8 heteroatoms. The summed E-state index contributed by atoms with van der Waals surface area (Å²) in [6.45, 7) is 4.48. The fourth-order valence-electron chi connectivity index (χ4n) is 3.94. The van der Waals surface area contributed by atoms with Gasteiger partial charge in [0.2, 0.25) is 0 Å². The van der Waals surface area contributed by atoms with Crippen molar-refractivity contribution in [1.29, 1.82) is 0 Å². The normalized spacial score (nSPS) is 22.8. The van der Waals surface area contributed by atoms with Gasteiger partial charge in [0.1, 0.15) is 0 Å². The average molecular weight is 417 g/mol. The van der Waals surface area contributed by atoms with Crippen LogP contribution >= 0.6 is 0 Å². The van der Waals surface area contributed by atoms with E-state index < -0.39 is 11.7 Å². The van der Waals surface area contributed by atoms with Crippen molar-refractivity contribution in [2.24, 2.45) is 0 Å². The van der Waals surface area contributed by atoms with Crippen molar-refractivity contribution < 1.29 is 22.7 Å². The second kappa shape index (κ2) is 7.68. The number of alkyl halides is 3. The van der Waals surface area contributed by atoms with E-state index in [1.807, 2.05) is 13.8 Å². The summed E-state index contributed by atoms with van der Waals surface area (Å²) in [5.74, 6) is -0.298. The van der Waals surface area contributed by atoms with E-state index in [9.17, 15) is 18.0 Å². The largest absolute Gasteiger partial charge is 0.418 e. The van der Waals surface area contributed by atoms with Gasteiger partial charge in [0.05, 0.1) is 23.3 Å². The average Bonchev–Trinajstić information content (AvgIpc) is 3.00. The maximum atomic E-state index is 13.8. The van der Waals surface area contributed by atoms with Gasteiger partial charge < -0.3 is 20.3 Å². The number of morpholine rings is 1. The number of hydrogen-bond donors (Lipinski definition) is 2. The van der Waals surface area contributed by atoms with E-state index in [-0.39, 0.29) is 29.5 Å². The van der Waals surface area contributed by atoms with Crippen molar-refractivity contribution in [1.82, 2.24) is 0 Å². The van der Waals surface area contributed by atoms with Crippen LogP contribution in [0.5, 0.6) is 0 Å². The van der Waals surface area contributed by atoms with Gasteiger partial charge in [0, 0.05) is 41.9 Å². The molecular formula is C22H22F3N3O2. The molecule has 2 unspecified atom stereocenters. The van der Waals surface area contributed by atoms with E-state index in [1.54, 1.807) is 35.2 Å². The Labute approximate surface area is 172 Å². The summed E-state index contributed by atoms with van der Waals surface area (Å²) in [6.07, 6.45) is -3.38. The molecular weight excluding hydrogens is 395 g/mol. The highest BCUT2D eigenvalue weighted by molar-refractivity contribution is 6.31. The lowest BCUT2D eigenvalue weighted by molar-refractivity contribution is -0.137. The number of hydrogen-bond acceptors (Lipinski definition) is 4. The number of carbonyl (C=O) groups is 1. The first-order valence-electron chi connectivity index (χ1n) is 9.71. The molecule has 2 aromatic carbocycles. The van der Waals surface area contributed by atoms with Crippen molar-refractivity contribution in [2.75, 3.05) is 28.6 Å². The number of amides is 1. The molecule has 0 aromatic heterocycles. The van der Waals surface area contributed by atoms with Crippen LogP contribution in [0.3, 0.4) is 0 Å². The van der Waals surface area contributed by atoms with E-state index in [1.165, 1.54) is 12.3 Å². The molecule has 2 aliphatic rings. The second-order valence-electron chi connectivity index (χ2n) is 7.59. The Morgan fingerprint density at radius 3 is 2.53 bits per heavy atom. The predicted octanol–water partition coefficient (Wildman–Crippen LogP) is 4.72. The Kier molecular flexibility index (Phi) is 5.19. The minimum absolute atomic E-state index is 0.131. The Bertz CT molecular complexity index is 993. The molecule has 5 nitrogen and oxygen atoms in total. The summed E-state index contributed by atoms with van der Waals surface area (Å²) in [7, 11) is 0. The summed E-state index contributed by atoms with van der Waals surface area (Å²) in [4.78, 5) is 13.9. The molecule has 0 radical (unpaired) electrons. The predicted molar refractivity (Wildman–Crippen MR) is 110 cm³/mol. The topological polar surface area (TPSA) is 53.6 Å². The number of anilines is 3. The van der Waals surface area contributed by atoms with E-state index in [0.717, 1.165) is 6.07 Å². The molecule has 0 saturated carbocycles. The highest BCUT2D eigenvalue weighted by atomic mass is 19.4. The van der Waals surface area contributed by atoms with Crippen molar-refractivity contribution >= 4 is 28.5 Å². The number of rotatable bonds is 3. The van der Waals surface area contributed by atoms with Crippen LogP contribution in [0.1, 0.15) is 25.0 Å². The van der Waals surface area contributed by atoms with Gasteiger partial charge in [-0.1, -0.05) is 18.2 Å². The summed E-state index contributed by atoms with van der Waals surface area (Å²) in [6, 6.07) is 11.3. The van der Waals surface area contributed by atoms with Crippen LogP contribution in [0.2, 0.25) is 0 Å². The Morgan fingerprint density at radius 1 is 1.13 bits per heavy atom. The van der Waals surface area contributed by atoms with Gasteiger partial charge in [-0.2, -0.15) is 13.2 Å². The molecule has 2 heterocycles. The molecule has 0 aliphatic carbocycles. The molecule has 1 amide bonds. The third kappa shape index (κ3) is 4.00. The van der Waals surface area contributed by atoms with Gasteiger partial charge in [-0.15, -0.1) is 0 Å². The van der Waals surface area contributed by atoms with Crippen molar-refractivity contribution in [3.63, 3.8) is 0 Å². The molecule has 1 fully saturated rings. The third-order valence-corrected chi connectivity index (χ3v) is 5.16. The fourth-order valence-corrected chi connectivity index (χ4v) is 3.94. The van der Waals surface area contributed by atoms with Gasteiger partial charge in [-0.25, -0.2) is 0 Å². The molecule has 158 valence electrons. The quantitative estimate of drug-likeness (QED) is 0.710. The molecule has 4 rings (SSSR count). The zero-order chi connectivity index (χ0) is 21.5. The number of ether oxygens (including phenoxy) is 1. The molecule has 1 saturated heterocycles. The minimum atomic E-state index is -4.51. The smallest absolute Gasteiger partial charge is 0.372 e. The Morgan fingerprint density at radius 2 is 1.83 bits per heavy atom. The van der Waals surface area contributed by atoms with Crippen molar-refractivity contribution in [3.05, 3.63) is 59.8 Å². The standard InChI is InChI=1S/C22H22F3N3O2/c1-13-11-28(12-14(2)30-13)20-8-7-15(9-18(20)22(23,24)25)26-10-17-16-5-3-4-6-19(16)27-21(17)29/h3-10,13-14,26H,11-12H2,1-2H3,(H,27,29). The first-order valence-corrected chi connectivity index (χ1v) is 9.71. The second-order valence-corrected chi connectivity index (χ2v) is 7.59. The third-order valence-electron chi connectivity index (χ3n) is 5.16. The lowest BCUT2D eigenvalue weighted by Gasteiger charge is -2.38. The summed E-state index contributed by atoms with van der Waals surface area (Å²) in [5, 5.41) is 5.59. The highest BCUT2D eigenvalue weighted by Crippen LogP contribution is 2.39. The summed E-state index contributed by atoms with van der Waals surface area (Å²) in [5.41, 5.74) is 1.43.